The minimum atomic E-state index is -0.134. The van der Waals surface area contributed by atoms with Gasteiger partial charge in [0.1, 0.15) is 22.2 Å². The monoisotopic (exact) mass is 1240 g/mol. The molecule has 0 atom stereocenters. The van der Waals surface area contributed by atoms with Gasteiger partial charge in [0, 0.05) is 67.7 Å². The van der Waals surface area contributed by atoms with Crippen LogP contribution in [0.15, 0.2) is 276 Å². The number of hydrogen-bond acceptors (Lipinski definition) is 8. The summed E-state index contributed by atoms with van der Waals surface area (Å²) in [5, 5.41) is 7.17. The lowest BCUT2D eigenvalue weighted by Gasteiger charge is -2.24. The van der Waals surface area contributed by atoms with Crippen LogP contribution in [0.1, 0.15) is 49.9 Å². The highest BCUT2D eigenvalue weighted by molar-refractivity contribution is 7.26. The minimum Gasteiger partial charge on any atom is -0.436 e. The van der Waals surface area contributed by atoms with E-state index in [4.69, 9.17) is 28.8 Å². The van der Waals surface area contributed by atoms with Gasteiger partial charge < -0.3 is 8.83 Å². The Morgan fingerprint density at radius 2 is 0.745 bits per heavy atom. The third kappa shape index (κ3) is 8.26. The molecule has 94 heavy (non-hydrogen) atoms. The maximum atomic E-state index is 6.42. The van der Waals surface area contributed by atoms with Crippen molar-refractivity contribution in [3.05, 3.63) is 289 Å². The molecule has 0 fully saturated rings. The van der Waals surface area contributed by atoms with E-state index in [2.05, 4.69) is 276 Å². The Morgan fingerprint density at radius 3 is 1.41 bits per heavy atom. The van der Waals surface area contributed by atoms with Crippen molar-refractivity contribution in [3.63, 3.8) is 0 Å². The number of thiophene rings is 2. The zero-order valence-corrected chi connectivity index (χ0v) is 53.5. The molecule has 0 bridgehead atoms. The van der Waals surface area contributed by atoms with Crippen molar-refractivity contribution >= 4 is 107 Å². The lowest BCUT2D eigenvalue weighted by molar-refractivity contribution is 0.651. The van der Waals surface area contributed by atoms with Crippen molar-refractivity contribution in [1.29, 1.82) is 0 Å². The van der Waals surface area contributed by atoms with Crippen LogP contribution in [0.3, 0.4) is 0 Å². The molecule has 6 aromatic heterocycles. The average molecular weight is 1240 g/mol. The fourth-order valence-electron chi connectivity index (χ4n) is 15.6. The zero-order chi connectivity index (χ0) is 62.6. The maximum absolute atomic E-state index is 6.42. The van der Waals surface area contributed by atoms with Crippen molar-refractivity contribution in [2.75, 3.05) is 0 Å². The smallest absolute Gasteiger partial charge is 0.246 e. The topological polar surface area (TPSA) is 77.8 Å². The van der Waals surface area contributed by atoms with Crippen molar-refractivity contribution in [3.8, 4) is 89.3 Å². The van der Waals surface area contributed by atoms with Crippen molar-refractivity contribution in [2.24, 2.45) is 0 Å². The lowest BCUT2D eigenvalue weighted by Crippen LogP contribution is -2.16. The Bertz CT molecular complexity index is 6220. The molecule has 0 amide bonds. The van der Waals surface area contributed by atoms with Gasteiger partial charge in [-0.3, -0.25) is 0 Å². The van der Waals surface area contributed by atoms with E-state index >= 15 is 0 Å². The van der Waals surface area contributed by atoms with E-state index < -0.39 is 0 Å². The first-order valence-electron chi connectivity index (χ1n) is 32.0. The van der Waals surface area contributed by atoms with E-state index in [1.54, 1.807) is 0 Å². The van der Waals surface area contributed by atoms with Crippen LogP contribution in [0, 0.1) is 0 Å². The first-order chi connectivity index (χ1) is 46.1. The van der Waals surface area contributed by atoms with Crippen LogP contribution in [0.5, 0.6) is 0 Å². The Morgan fingerprint density at radius 1 is 0.309 bits per heavy atom. The number of nitrogens with zero attached hydrogens (tertiary/aromatic N) is 4. The standard InChI is InChI=1S/C46H26N2OS2.C40H30N2O/c1-3-22-40-34(14-1)36-19-7-17-32(44(36)50-40)28-11-5-10-27(24-28)31-16-9-21-39-42(31)43-46(49-39)48-38(26-47-43)30-13-6-12-29(25-30)33-18-8-20-37-35-15-2-4-23-41(35)51-45(33)37;1-39(2)31-17-7-5-11-25(31)27-14-9-13-24(35(27)39)23-19-20-34-30(21-23)37-38(43-34)42-33(22-41-37)29-16-10-15-28-26-12-6-8-18-32(26)40(3,4)36(28)29/h1-26H;5-22H,1-4H3. The summed E-state index contributed by atoms with van der Waals surface area (Å²) in [6, 6.07) is 91.3. The second kappa shape index (κ2) is 20.7. The summed E-state index contributed by atoms with van der Waals surface area (Å²) in [6.45, 7) is 9.27. The summed E-state index contributed by atoms with van der Waals surface area (Å²) in [5.74, 6) is 0. The van der Waals surface area contributed by atoms with E-state index in [-0.39, 0.29) is 10.8 Å². The van der Waals surface area contributed by atoms with Gasteiger partial charge in [0.05, 0.1) is 29.2 Å². The number of fused-ring (bicyclic) bond motifs is 18. The minimum absolute atomic E-state index is 0.0893. The van der Waals surface area contributed by atoms with Crippen LogP contribution in [0.25, 0.3) is 174 Å². The molecule has 0 saturated heterocycles. The third-order valence-electron chi connectivity index (χ3n) is 19.9. The Balaban J connectivity index is 0.000000135. The highest BCUT2D eigenvalue weighted by Crippen LogP contribution is 2.54. The SMILES string of the molecule is CC1(C)c2ccccc2-c2cccc(-c3ccc4oc5nc(-c6cccc7c6C(C)(C)c6ccccc6-7)cnc5c4c3)c21.c1cc(-c2cnc3c(n2)oc2cccc(-c4cccc(-c5cccc6c5sc5ccccc56)c4)c23)cc(-c2cccc3c2sc2ccccc23)c1. The maximum Gasteiger partial charge on any atom is 0.246 e. The van der Waals surface area contributed by atoms with Gasteiger partial charge in [-0.25, -0.2) is 19.9 Å². The van der Waals surface area contributed by atoms with Crippen molar-refractivity contribution < 1.29 is 8.83 Å². The van der Waals surface area contributed by atoms with Crippen molar-refractivity contribution in [2.45, 2.75) is 38.5 Å². The normalized spacial score (nSPS) is 13.5. The Labute approximate surface area is 549 Å². The van der Waals surface area contributed by atoms with E-state index in [1.165, 1.54) is 113 Å². The van der Waals surface area contributed by atoms with Gasteiger partial charge >= 0.3 is 0 Å². The molecule has 0 saturated carbocycles. The molecule has 2 aliphatic rings. The average Bonchev–Trinajstić information content (AvgIpc) is 1.57. The van der Waals surface area contributed by atoms with E-state index in [0.29, 0.717) is 11.4 Å². The Kier molecular flexibility index (Phi) is 12.0. The summed E-state index contributed by atoms with van der Waals surface area (Å²) in [6.07, 6.45) is 3.80. The van der Waals surface area contributed by atoms with Crippen molar-refractivity contribution in [1.82, 2.24) is 19.9 Å². The molecule has 0 unspecified atom stereocenters. The number of rotatable bonds is 6. The highest BCUT2D eigenvalue weighted by Gasteiger charge is 2.39. The highest BCUT2D eigenvalue weighted by atomic mass is 32.1. The van der Waals surface area contributed by atoms with Gasteiger partial charge in [0.2, 0.25) is 11.4 Å². The van der Waals surface area contributed by atoms with Gasteiger partial charge in [-0.15, -0.1) is 22.7 Å². The second-order valence-electron chi connectivity index (χ2n) is 25.9. The second-order valence-corrected chi connectivity index (χ2v) is 28.0. The molecule has 0 spiro atoms. The number of benzene rings is 12. The Hall–Kier alpha value is -11.2. The number of aromatic nitrogens is 4. The van der Waals surface area contributed by atoms with E-state index in [0.717, 1.165) is 72.2 Å². The molecule has 2 aliphatic carbocycles. The molecular weight excluding hydrogens is 1190 g/mol. The summed E-state index contributed by atoms with van der Waals surface area (Å²) in [7, 11) is 0. The third-order valence-corrected chi connectivity index (χ3v) is 22.3. The van der Waals surface area contributed by atoms with Gasteiger partial charge in [-0.1, -0.05) is 240 Å². The molecule has 18 aromatic rings. The number of hydrogen-bond donors (Lipinski definition) is 0. The molecular formula is C86H56N4O2S2. The lowest BCUT2D eigenvalue weighted by atomic mass is 9.79. The summed E-state index contributed by atoms with van der Waals surface area (Å²) < 4.78 is 18.0. The van der Waals surface area contributed by atoms with Crippen LogP contribution in [0.4, 0.5) is 0 Å². The molecule has 0 aliphatic heterocycles. The molecule has 444 valence electrons. The van der Waals surface area contributed by atoms with E-state index in [9.17, 15) is 0 Å². The molecule has 0 radical (unpaired) electrons. The summed E-state index contributed by atoms with van der Waals surface area (Å²) in [4.78, 5) is 20.1. The van der Waals surface area contributed by atoms with Crippen LogP contribution >= 0.6 is 22.7 Å². The number of furan rings is 2. The van der Waals surface area contributed by atoms with Gasteiger partial charge in [-0.05, 0) is 131 Å². The van der Waals surface area contributed by atoms with Gasteiger partial charge in [0.15, 0.2) is 0 Å². The van der Waals surface area contributed by atoms with Gasteiger partial charge in [-0.2, -0.15) is 0 Å². The quantitative estimate of drug-likeness (QED) is 0.165. The first-order valence-corrected chi connectivity index (χ1v) is 33.6. The molecule has 0 N–H and O–H groups in total. The molecule has 8 heteroatoms. The van der Waals surface area contributed by atoms with Crippen LogP contribution in [-0.2, 0) is 10.8 Å². The van der Waals surface area contributed by atoms with Crippen LogP contribution in [-0.4, -0.2) is 19.9 Å². The molecule has 20 rings (SSSR count). The van der Waals surface area contributed by atoms with Crippen LogP contribution in [0.2, 0.25) is 0 Å². The molecule has 6 nitrogen and oxygen atoms in total. The summed E-state index contributed by atoms with van der Waals surface area (Å²) >= 11 is 3.70. The molecule has 6 heterocycles. The fraction of sp³-hybridized carbons (Fsp3) is 0.0698. The first kappa shape index (κ1) is 54.6. The largest absolute Gasteiger partial charge is 0.436 e. The van der Waals surface area contributed by atoms with Gasteiger partial charge in [0.25, 0.3) is 0 Å². The summed E-state index contributed by atoms with van der Waals surface area (Å²) in [5.41, 5.74) is 27.8. The molecule has 12 aromatic carbocycles. The van der Waals surface area contributed by atoms with Crippen LogP contribution < -0.4 is 0 Å². The predicted molar refractivity (Wildman–Crippen MR) is 392 cm³/mol. The zero-order valence-electron chi connectivity index (χ0n) is 51.8. The predicted octanol–water partition coefficient (Wildman–Crippen LogP) is 24.1. The van der Waals surface area contributed by atoms with E-state index in [1.807, 2.05) is 41.1 Å². The fourth-order valence-corrected chi connectivity index (χ4v) is 18.1.